The van der Waals surface area contributed by atoms with Crippen molar-refractivity contribution in [2.45, 2.75) is 394 Å². The summed E-state index contributed by atoms with van der Waals surface area (Å²) in [5.41, 5.74) is -2.37. The first-order valence-electron chi connectivity index (χ1n) is 55.0. The summed E-state index contributed by atoms with van der Waals surface area (Å²) in [6, 6.07) is 0. The molecule has 0 aromatic heterocycles. The van der Waals surface area contributed by atoms with E-state index in [9.17, 15) is 68.1 Å². The van der Waals surface area contributed by atoms with E-state index in [1.54, 1.807) is 13.8 Å². The number of carboxylic acids is 2. The molecule has 0 saturated heterocycles. The predicted octanol–water partition coefficient (Wildman–Crippen LogP) is 27.9. The van der Waals surface area contributed by atoms with Gasteiger partial charge in [-0.3, -0.25) is 43.2 Å². The molecule has 0 amide bonds. The maximum absolute atomic E-state index is 14.3. The molecule has 0 aliphatic heterocycles. The Labute approximate surface area is 863 Å². The number of aliphatic hydroxyl groups is 1. The Morgan fingerprint density at radius 2 is 0.552 bits per heavy atom. The quantitative estimate of drug-likeness (QED) is 0.221. The number of Topliss-reactive ketones (excluding diaryl/α,β-unsaturated/α-hetero) is 5. The molecule has 17 nitrogen and oxygen atoms in total. The number of ketones is 9. The average molecular weight is 2020 g/mol. The Morgan fingerprint density at radius 1 is 0.315 bits per heavy atom. The van der Waals surface area contributed by atoms with Crippen LogP contribution in [0, 0.1) is 221 Å². The van der Waals surface area contributed by atoms with Crippen LogP contribution < -0.4 is 0 Å². The maximum Gasteiger partial charge on any atom is 0.309 e. The van der Waals surface area contributed by atoms with Crippen LogP contribution in [-0.4, -0.2) is 85.4 Å². The SMILES string of the molecule is CC(=O)[C@@]1(C)CC[C@]2(C)CC[C@]3(C)[C@H](C(=O)C=C4[C@@]5(C)C=C(Br)C(=O)C(C)(C)[C@@H]5CC[C@]43C)[C@@H]2C1.[C-]#[N+]C1=C[C@]2(C)C3=CC(=O)[C@@H]4[C@@H]5C[C@@](C)(C(=O)O)CC[C@]5(C)CC[C@@]4(C)[C@]3(C)CC[C@H]2C(C)(C)C1=O.[C-]#[N+]C1=C[C@]2(C)C3=CC(=O)[C@@H]4[C@@H]5C[C@@](C)(C(=O)O)CC[C@]5(C)CC[C@@]4(C)[C@]3(C)CC[C@H]2C(C)(C)C1O.[C-]#[N+]C1=C[C@]2(C)C3=CC(=O)[C@@H]4[C@@H]5C[C@@](C)(C(C)=O)CC[C@]5(C)CC[C@@]4(C)[C@]3(C)CC[C@H]2C(C)(C)C1=O. The number of hydrogen-bond acceptors (Lipinski definition) is 12. The first-order valence-corrected chi connectivity index (χ1v) is 55.8. The molecule has 20 aliphatic rings. The fraction of sp³-hybridized carbons (Fsp3) is 0.760. The standard InChI is InChI=1S/C32H43NO3.C31H43BrO3.C31H43NO4.C31H41NO4/c1-19(34)29(5)13-12-28(4)14-15-32(8)25(20(28)17-29)22(35)16-24-30(6)18-21(33-9)26(36)27(2,3)23(30)10-11-31(24,32)7;1-18(33)28(5)12-11-27(4)13-14-31(8)24(19(27)16-28)21(34)15-23-29(6)17-20(32)25(35)26(2,3)22(29)9-10-30(23,31)7;2*1-26(2)21-9-10-30(6)22(29(21,5)17-19(32-8)24(26)34)15-20(33)23-18-16-28(4,25(35)36)12-11-27(18,3)13-14-31(23,30)7/h16,18,20,23,25H,10-15,17H2,1-8H3;15,17,19,22,24H,9-14,16H2,1-8H3;15,17-18,21,23-24,34H,9-14,16H2,1-7H3,(H,35,36);15,17-18,21,23H,9-14,16H2,1-7H3,(H,35,36)/t20-,23-,25-,28+,29-,30-,31+,32+;19-,22-,24-,27+,28-,29-,30+,31+;18-,21-,23-,24?,27+,28-,29-,30+,31+;18-,21-,23-,27+,28-,29-,30+,31+/m0000/s1. The van der Waals surface area contributed by atoms with Crippen molar-refractivity contribution in [3.05, 3.63) is 127 Å². The summed E-state index contributed by atoms with van der Waals surface area (Å²) >= 11 is 3.60. The van der Waals surface area contributed by atoms with Crippen molar-refractivity contribution in [1.82, 2.24) is 0 Å². The molecule has 0 heterocycles. The number of halogens is 1. The minimum atomic E-state index is -0.799. The molecule has 3 N–H and O–H groups in total. The topological polar surface area (TPSA) is 262 Å². The Hall–Kier alpha value is -7.20. The van der Waals surface area contributed by atoms with Crippen molar-refractivity contribution in [3.63, 3.8) is 0 Å². The normalized spacial score (nSPS) is 50.2. The molecule has 0 aromatic rings. The third-order valence-electron chi connectivity index (χ3n) is 51.0. The van der Waals surface area contributed by atoms with Crippen molar-refractivity contribution in [1.29, 1.82) is 0 Å². The maximum atomic E-state index is 14.3. The summed E-state index contributed by atoms with van der Waals surface area (Å²) in [4.78, 5) is 157. The van der Waals surface area contributed by atoms with Crippen LogP contribution in [0.15, 0.2) is 92.5 Å². The van der Waals surface area contributed by atoms with E-state index in [0.29, 0.717) is 35.9 Å². The van der Waals surface area contributed by atoms with Gasteiger partial charge in [0.25, 0.3) is 0 Å². The number of rotatable bonds is 4. The lowest BCUT2D eigenvalue weighted by molar-refractivity contribution is -0.178. The van der Waals surface area contributed by atoms with Gasteiger partial charge in [-0.15, -0.1) is 0 Å². The third kappa shape index (κ3) is 14.1. The lowest BCUT2D eigenvalue weighted by atomic mass is 9.34. The van der Waals surface area contributed by atoms with Crippen LogP contribution in [0.5, 0.6) is 0 Å². The number of nitrogens with zero attached hydrogens (tertiary/aromatic N) is 3. The first-order chi connectivity index (χ1) is 65.5. The minimum Gasteiger partial charge on any atom is -0.481 e. The molecule has 20 aliphatic carbocycles. The molecule has 0 radical (unpaired) electrons. The van der Waals surface area contributed by atoms with Gasteiger partial charge in [0.05, 0.1) is 41.1 Å². The van der Waals surface area contributed by atoms with Gasteiger partial charge < -0.3 is 24.9 Å². The van der Waals surface area contributed by atoms with Gasteiger partial charge in [-0.25, -0.2) is 14.5 Å². The fourth-order valence-corrected chi connectivity index (χ4v) is 40.8. The molecule has 0 aromatic carbocycles. The van der Waals surface area contributed by atoms with Crippen molar-refractivity contribution in [3.8, 4) is 0 Å². The van der Waals surface area contributed by atoms with E-state index < -0.39 is 66.8 Å². The zero-order valence-corrected chi connectivity index (χ0v) is 94.1. The summed E-state index contributed by atoms with van der Waals surface area (Å²) in [6.07, 6.45) is 40.3. The van der Waals surface area contributed by atoms with E-state index in [1.165, 1.54) is 5.57 Å². The smallest absolute Gasteiger partial charge is 0.309 e. The summed E-state index contributed by atoms with van der Waals surface area (Å²) in [7, 11) is 0. The van der Waals surface area contributed by atoms with E-state index >= 15 is 0 Å². The van der Waals surface area contributed by atoms with E-state index in [1.807, 2.05) is 84.1 Å². The van der Waals surface area contributed by atoms with Gasteiger partial charge in [-0.1, -0.05) is 227 Å². The lowest BCUT2D eigenvalue weighted by Crippen LogP contribution is -2.65. The molecule has 0 spiro atoms. The van der Waals surface area contributed by atoms with Crippen LogP contribution in [-0.2, 0) is 52.7 Å². The van der Waals surface area contributed by atoms with Crippen molar-refractivity contribution in [2.24, 2.45) is 201 Å². The Morgan fingerprint density at radius 3 is 0.811 bits per heavy atom. The number of carbonyl (C=O) groups is 11. The highest BCUT2D eigenvalue weighted by Crippen LogP contribution is 2.82. The van der Waals surface area contributed by atoms with Crippen LogP contribution in [0.4, 0.5) is 0 Å². The van der Waals surface area contributed by atoms with Gasteiger partial charge in [0.15, 0.2) is 46.2 Å². The zero-order chi connectivity index (χ0) is 106. The summed E-state index contributed by atoms with van der Waals surface area (Å²) in [6.45, 7) is 87.7. The Balaban J connectivity index is 0.000000131. The summed E-state index contributed by atoms with van der Waals surface area (Å²) in [5.74, 6) is 0.261. The van der Waals surface area contributed by atoms with E-state index in [0.717, 1.165) is 171 Å². The number of allylic oxidation sites excluding steroid dienone is 15. The summed E-state index contributed by atoms with van der Waals surface area (Å²) in [5, 5.41) is 31.2. The minimum absolute atomic E-state index is 0.00822. The highest BCUT2D eigenvalue weighted by atomic mass is 79.9. The van der Waals surface area contributed by atoms with Gasteiger partial charge >= 0.3 is 11.9 Å². The monoisotopic (exact) mass is 2020 g/mol. The molecule has 0 bridgehead atoms. The van der Waals surface area contributed by atoms with Crippen molar-refractivity contribution in [2.75, 3.05) is 0 Å². The highest BCUT2D eigenvalue weighted by Gasteiger charge is 2.77. The number of carbonyl (C=O) groups excluding carboxylic acids is 9. The van der Waals surface area contributed by atoms with Crippen LogP contribution in [0.3, 0.4) is 0 Å². The zero-order valence-electron chi connectivity index (χ0n) is 92.5. The second-order valence-corrected chi connectivity index (χ2v) is 59.8. The number of aliphatic hydroxyl groups excluding tert-OH is 1. The second-order valence-electron chi connectivity index (χ2n) is 58.9. The largest absolute Gasteiger partial charge is 0.481 e. The molecular formula is C125H170BrN3O14. The van der Waals surface area contributed by atoms with Crippen molar-refractivity contribution < 1.29 is 68.1 Å². The molecule has 12 saturated carbocycles. The Kier molecular flexibility index (Phi) is 24.5. The molecule has 18 heteroatoms. The predicted molar refractivity (Wildman–Crippen MR) is 560 cm³/mol. The molecule has 12 fully saturated rings. The molecule has 776 valence electrons. The van der Waals surface area contributed by atoms with E-state index in [4.69, 9.17) is 19.7 Å². The van der Waals surface area contributed by atoms with Crippen molar-refractivity contribution >= 4 is 79.9 Å². The van der Waals surface area contributed by atoms with Crippen LogP contribution >= 0.6 is 15.9 Å². The molecule has 143 heavy (non-hydrogen) atoms. The van der Waals surface area contributed by atoms with Gasteiger partial charge in [-0.2, -0.15) is 0 Å². The van der Waals surface area contributed by atoms with Gasteiger partial charge in [-0.05, 0) is 365 Å². The number of hydrogen-bond donors (Lipinski definition) is 3. The van der Waals surface area contributed by atoms with Gasteiger partial charge in [0, 0.05) is 72.4 Å². The number of aliphatic carboxylic acids is 2. The molecule has 33 atom stereocenters. The van der Waals surface area contributed by atoms with Crippen LogP contribution in [0.1, 0.15) is 387 Å². The van der Waals surface area contributed by atoms with Gasteiger partial charge in [0.2, 0.25) is 11.4 Å². The Bertz CT molecular complexity index is 5870. The highest BCUT2D eigenvalue weighted by molar-refractivity contribution is 9.12. The second kappa shape index (κ2) is 32.7. The number of carboxylic acid groups (broad SMARTS) is 2. The molecule has 1 unspecified atom stereocenters. The van der Waals surface area contributed by atoms with E-state index in [-0.39, 0.29) is 216 Å². The van der Waals surface area contributed by atoms with E-state index in [2.05, 4.69) is 189 Å². The fourth-order valence-electron chi connectivity index (χ4n) is 39.8. The lowest BCUT2D eigenvalue weighted by Gasteiger charge is -2.69. The summed E-state index contributed by atoms with van der Waals surface area (Å²) < 4.78 is 0.659. The molecule has 20 rings (SSSR count). The average Bonchev–Trinajstić information content (AvgIpc) is 0.680. The first kappa shape index (κ1) is 107. The van der Waals surface area contributed by atoms with Gasteiger partial charge in [0.1, 0.15) is 11.6 Å². The van der Waals surface area contributed by atoms with Crippen LogP contribution in [0.25, 0.3) is 14.5 Å². The number of fused-ring (bicyclic) bond motifs is 28. The third-order valence-corrected chi connectivity index (χ3v) is 51.6. The molecular weight excluding hydrogens is 1850 g/mol. The van der Waals surface area contributed by atoms with Crippen LogP contribution in [0.2, 0.25) is 0 Å².